The minimum atomic E-state index is -1.19. The third kappa shape index (κ3) is 14.6. The molecule has 0 heterocycles. The third-order valence-electron chi connectivity index (χ3n) is 4.28. The third-order valence-corrected chi connectivity index (χ3v) is 4.93. The Hall–Kier alpha value is -3.07. The van der Waals surface area contributed by atoms with Gasteiger partial charge in [-0.3, -0.25) is 24.2 Å². The largest absolute Gasteiger partial charge is 0.480 e. The lowest BCUT2D eigenvalue weighted by Gasteiger charge is -2.20. The molecule has 188 valence electrons. The molecular weight excluding hydrogens is 456 g/mol. The van der Waals surface area contributed by atoms with Crippen LogP contribution in [-0.2, 0) is 24.0 Å². The SMILES string of the molecule is CSCCC(NC(=O)CNC(=O)C(CCC(N)=O)NC(=O)C(N)CCCN=C(N)N)C(=O)O. The van der Waals surface area contributed by atoms with Crippen LogP contribution in [0.1, 0.15) is 32.1 Å². The number of nitrogens with two attached hydrogens (primary N) is 4. The van der Waals surface area contributed by atoms with Crippen LogP contribution in [0.3, 0.4) is 0 Å². The zero-order chi connectivity index (χ0) is 25.4. The molecule has 0 spiro atoms. The summed E-state index contributed by atoms with van der Waals surface area (Å²) in [7, 11) is 0. The molecule has 12 N–H and O–H groups in total. The number of carboxylic acid groups (broad SMARTS) is 1. The number of aliphatic imine (C=N–C) groups is 1. The van der Waals surface area contributed by atoms with Gasteiger partial charge in [-0.1, -0.05) is 0 Å². The highest BCUT2D eigenvalue weighted by atomic mass is 32.2. The molecule has 0 aromatic carbocycles. The van der Waals surface area contributed by atoms with Crippen molar-refractivity contribution in [2.24, 2.45) is 27.9 Å². The number of primary amides is 1. The fourth-order valence-electron chi connectivity index (χ4n) is 2.51. The van der Waals surface area contributed by atoms with Gasteiger partial charge >= 0.3 is 5.97 Å². The van der Waals surface area contributed by atoms with Crippen molar-refractivity contribution in [1.82, 2.24) is 16.0 Å². The van der Waals surface area contributed by atoms with Crippen LogP contribution < -0.4 is 38.9 Å². The van der Waals surface area contributed by atoms with Crippen molar-refractivity contribution in [2.45, 2.75) is 50.2 Å². The molecule has 0 bridgehead atoms. The Balaban J connectivity index is 4.85. The van der Waals surface area contributed by atoms with Gasteiger partial charge in [0.1, 0.15) is 12.1 Å². The fourth-order valence-corrected chi connectivity index (χ4v) is 2.99. The van der Waals surface area contributed by atoms with Crippen molar-refractivity contribution in [2.75, 3.05) is 25.1 Å². The van der Waals surface area contributed by atoms with Crippen LogP contribution >= 0.6 is 11.8 Å². The molecule has 0 saturated heterocycles. The van der Waals surface area contributed by atoms with Crippen LogP contribution in [-0.4, -0.2) is 83.9 Å². The summed E-state index contributed by atoms with van der Waals surface area (Å²) in [5, 5.41) is 16.2. The smallest absolute Gasteiger partial charge is 0.326 e. The minimum Gasteiger partial charge on any atom is -0.480 e. The van der Waals surface area contributed by atoms with Crippen molar-refractivity contribution in [3.05, 3.63) is 0 Å². The number of amides is 4. The number of aliphatic carboxylic acids is 1. The molecule has 3 atom stereocenters. The minimum absolute atomic E-state index is 0.0841. The number of rotatable bonds is 17. The summed E-state index contributed by atoms with van der Waals surface area (Å²) in [5.74, 6) is -3.53. The van der Waals surface area contributed by atoms with Gasteiger partial charge in [0, 0.05) is 13.0 Å². The second-order valence-electron chi connectivity index (χ2n) is 7.08. The second-order valence-corrected chi connectivity index (χ2v) is 8.06. The topological polar surface area (TPSA) is 258 Å². The van der Waals surface area contributed by atoms with Gasteiger partial charge < -0.3 is 44.0 Å². The molecule has 33 heavy (non-hydrogen) atoms. The molecule has 0 aliphatic heterocycles. The van der Waals surface area contributed by atoms with E-state index in [1.807, 2.05) is 0 Å². The predicted molar refractivity (Wildman–Crippen MR) is 124 cm³/mol. The van der Waals surface area contributed by atoms with E-state index < -0.39 is 54.3 Å². The van der Waals surface area contributed by atoms with Crippen LogP contribution in [0.2, 0.25) is 0 Å². The first kappa shape index (κ1) is 29.9. The van der Waals surface area contributed by atoms with Crippen molar-refractivity contribution >= 4 is 47.3 Å². The molecule has 0 rings (SSSR count). The second kappa shape index (κ2) is 16.5. The molecule has 0 aromatic heterocycles. The molecule has 0 aliphatic rings. The summed E-state index contributed by atoms with van der Waals surface area (Å²) in [6.45, 7) is -0.242. The molecule has 0 saturated carbocycles. The van der Waals surface area contributed by atoms with Crippen LogP contribution in [0.25, 0.3) is 0 Å². The molecule has 0 aromatic rings. The first-order chi connectivity index (χ1) is 15.5. The molecule has 15 heteroatoms. The van der Waals surface area contributed by atoms with Gasteiger partial charge in [-0.25, -0.2) is 4.79 Å². The Kier molecular flexibility index (Phi) is 15.0. The maximum absolute atomic E-state index is 12.5. The van der Waals surface area contributed by atoms with Gasteiger partial charge in [-0.2, -0.15) is 11.8 Å². The average Bonchev–Trinajstić information content (AvgIpc) is 2.74. The van der Waals surface area contributed by atoms with E-state index in [2.05, 4.69) is 20.9 Å². The van der Waals surface area contributed by atoms with Gasteiger partial charge in [0.25, 0.3) is 0 Å². The van der Waals surface area contributed by atoms with E-state index in [0.29, 0.717) is 12.2 Å². The number of carboxylic acids is 1. The molecule has 4 amide bonds. The standard InChI is InChI=1S/C18H34N8O6S/c1-33-8-6-12(17(31)32)25-14(28)9-24-16(30)11(4-5-13(20)27)26-15(29)10(19)3-2-7-23-18(21)22/h10-12H,2-9,19H2,1H3,(H2,20,27)(H,24,30)(H,25,28)(H,26,29)(H,31,32)(H4,21,22,23). The van der Waals surface area contributed by atoms with Gasteiger partial charge in [0.05, 0.1) is 12.6 Å². The first-order valence-electron chi connectivity index (χ1n) is 10.2. The number of carbonyl (C=O) groups excluding carboxylic acids is 4. The van der Waals surface area contributed by atoms with Crippen molar-refractivity contribution in [3.8, 4) is 0 Å². The number of guanidine groups is 1. The van der Waals surface area contributed by atoms with Crippen LogP contribution in [0.4, 0.5) is 0 Å². The lowest BCUT2D eigenvalue weighted by molar-refractivity contribution is -0.141. The van der Waals surface area contributed by atoms with E-state index in [0.717, 1.165) is 0 Å². The van der Waals surface area contributed by atoms with Gasteiger partial charge in [-0.05, 0) is 37.7 Å². The zero-order valence-corrected chi connectivity index (χ0v) is 19.4. The Labute approximate surface area is 196 Å². The van der Waals surface area contributed by atoms with E-state index >= 15 is 0 Å². The Morgan fingerprint density at radius 2 is 1.64 bits per heavy atom. The van der Waals surface area contributed by atoms with Crippen LogP contribution in [0.15, 0.2) is 4.99 Å². The maximum atomic E-state index is 12.5. The highest BCUT2D eigenvalue weighted by Crippen LogP contribution is 2.02. The monoisotopic (exact) mass is 490 g/mol. The lowest BCUT2D eigenvalue weighted by atomic mass is 10.1. The number of thioether (sulfide) groups is 1. The number of nitrogens with zero attached hydrogens (tertiary/aromatic N) is 1. The highest BCUT2D eigenvalue weighted by Gasteiger charge is 2.25. The summed E-state index contributed by atoms with van der Waals surface area (Å²) in [5.41, 5.74) is 21.4. The first-order valence-corrected chi connectivity index (χ1v) is 11.6. The van der Waals surface area contributed by atoms with Crippen molar-refractivity contribution < 1.29 is 29.1 Å². The van der Waals surface area contributed by atoms with Crippen LogP contribution in [0, 0.1) is 0 Å². The highest BCUT2D eigenvalue weighted by molar-refractivity contribution is 7.98. The number of hydrogen-bond acceptors (Lipinski definition) is 8. The van der Waals surface area contributed by atoms with Crippen molar-refractivity contribution in [1.29, 1.82) is 0 Å². The lowest BCUT2D eigenvalue weighted by Crippen LogP contribution is -2.53. The zero-order valence-electron chi connectivity index (χ0n) is 18.5. The predicted octanol–water partition coefficient (Wildman–Crippen LogP) is -3.44. The Morgan fingerprint density at radius 1 is 0.970 bits per heavy atom. The quantitative estimate of drug-likeness (QED) is 0.0568. The number of nitrogens with one attached hydrogen (secondary N) is 3. The number of hydrogen-bond donors (Lipinski definition) is 8. The molecular formula is C18H34N8O6S. The van der Waals surface area contributed by atoms with Crippen molar-refractivity contribution in [3.63, 3.8) is 0 Å². The molecule has 0 aliphatic carbocycles. The van der Waals surface area contributed by atoms with E-state index in [-0.39, 0.29) is 38.2 Å². The summed E-state index contributed by atoms with van der Waals surface area (Å²) >= 11 is 1.43. The van der Waals surface area contributed by atoms with E-state index in [9.17, 15) is 24.0 Å². The molecule has 14 nitrogen and oxygen atoms in total. The van der Waals surface area contributed by atoms with E-state index in [4.69, 9.17) is 28.0 Å². The average molecular weight is 491 g/mol. The summed E-state index contributed by atoms with van der Waals surface area (Å²) < 4.78 is 0. The van der Waals surface area contributed by atoms with E-state index in [1.54, 1.807) is 6.26 Å². The molecule has 3 unspecified atom stereocenters. The summed E-state index contributed by atoms with van der Waals surface area (Å²) in [4.78, 5) is 62.9. The van der Waals surface area contributed by atoms with Gasteiger partial charge in [-0.15, -0.1) is 0 Å². The summed E-state index contributed by atoms with van der Waals surface area (Å²) in [6.07, 6.45) is 2.38. The maximum Gasteiger partial charge on any atom is 0.326 e. The molecule has 0 fully saturated rings. The van der Waals surface area contributed by atoms with Gasteiger partial charge in [0.2, 0.25) is 23.6 Å². The van der Waals surface area contributed by atoms with E-state index in [1.165, 1.54) is 11.8 Å². The Bertz CT molecular complexity index is 716. The summed E-state index contributed by atoms with van der Waals surface area (Å²) in [6, 6.07) is -3.23. The number of carbonyl (C=O) groups is 5. The Morgan fingerprint density at radius 3 is 2.18 bits per heavy atom. The molecule has 0 radical (unpaired) electrons. The fraction of sp³-hybridized carbons (Fsp3) is 0.667. The van der Waals surface area contributed by atoms with Gasteiger partial charge in [0.15, 0.2) is 5.96 Å². The normalized spacial score (nSPS) is 13.2. The van der Waals surface area contributed by atoms with Crippen LogP contribution in [0.5, 0.6) is 0 Å².